The standard InChI is InChI=1S/C9H14O6/c10-1-5-6(2-11)8(4-13)15-9(14)7(5)3-12/h1,5-8,11-13H,2-4H2. The van der Waals surface area contributed by atoms with Crippen molar-refractivity contribution in [3.8, 4) is 0 Å². The van der Waals surface area contributed by atoms with Gasteiger partial charge in [0.25, 0.3) is 0 Å². The minimum Gasteiger partial charge on any atom is -0.459 e. The van der Waals surface area contributed by atoms with E-state index in [9.17, 15) is 9.59 Å². The lowest BCUT2D eigenvalue weighted by Gasteiger charge is -2.37. The summed E-state index contributed by atoms with van der Waals surface area (Å²) in [6.45, 7) is -1.32. The highest BCUT2D eigenvalue weighted by Gasteiger charge is 2.44. The van der Waals surface area contributed by atoms with E-state index in [0.29, 0.717) is 6.29 Å². The van der Waals surface area contributed by atoms with Crippen molar-refractivity contribution < 1.29 is 29.6 Å². The molecule has 1 aliphatic rings. The number of aliphatic hydroxyl groups is 3. The predicted octanol–water partition coefficient (Wildman–Crippen LogP) is -2.06. The molecule has 1 fully saturated rings. The molecule has 0 amide bonds. The average molecular weight is 218 g/mol. The second-order valence-corrected chi connectivity index (χ2v) is 3.51. The fourth-order valence-corrected chi connectivity index (χ4v) is 1.83. The zero-order valence-electron chi connectivity index (χ0n) is 8.07. The van der Waals surface area contributed by atoms with Crippen LogP contribution in [0.5, 0.6) is 0 Å². The number of aliphatic hydroxyl groups excluding tert-OH is 3. The van der Waals surface area contributed by atoms with Crippen molar-refractivity contribution in [1.29, 1.82) is 0 Å². The SMILES string of the molecule is O=CC1C(CO)C(=O)OC(CO)C1CO. The highest BCUT2D eigenvalue weighted by atomic mass is 16.6. The van der Waals surface area contributed by atoms with E-state index < -0.39 is 43.0 Å². The molecule has 1 saturated heterocycles. The number of hydrogen-bond donors (Lipinski definition) is 3. The minimum atomic E-state index is -0.942. The van der Waals surface area contributed by atoms with E-state index in [1.165, 1.54) is 0 Å². The summed E-state index contributed by atoms with van der Waals surface area (Å²) in [6, 6.07) is 0. The van der Waals surface area contributed by atoms with Crippen LogP contribution in [-0.2, 0) is 14.3 Å². The van der Waals surface area contributed by atoms with Gasteiger partial charge >= 0.3 is 5.97 Å². The third kappa shape index (κ3) is 2.17. The first kappa shape index (κ1) is 12.1. The van der Waals surface area contributed by atoms with E-state index in [2.05, 4.69) is 0 Å². The lowest BCUT2D eigenvalue weighted by atomic mass is 9.78. The summed E-state index contributed by atoms with van der Waals surface area (Å²) in [4.78, 5) is 22.1. The maximum atomic E-state index is 11.3. The smallest absolute Gasteiger partial charge is 0.312 e. The fourth-order valence-electron chi connectivity index (χ4n) is 1.83. The molecule has 4 unspecified atom stereocenters. The van der Waals surface area contributed by atoms with Gasteiger partial charge in [0.1, 0.15) is 12.4 Å². The van der Waals surface area contributed by atoms with Crippen molar-refractivity contribution in [3.05, 3.63) is 0 Å². The zero-order chi connectivity index (χ0) is 11.4. The molecule has 1 aliphatic heterocycles. The van der Waals surface area contributed by atoms with Crippen LogP contribution in [0.15, 0.2) is 0 Å². The molecule has 6 nitrogen and oxygen atoms in total. The molecule has 3 N–H and O–H groups in total. The lowest BCUT2D eigenvalue weighted by Crippen LogP contribution is -2.50. The van der Waals surface area contributed by atoms with E-state index in [1.54, 1.807) is 0 Å². The largest absolute Gasteiger partial charge is 0.459 e. The number of rotatable bonds is 4. The number of esters is 1. The lowest BCUT2D eigenvalue weighted by molar-refractivity contribution is -0.181. The number of carbonyl (C=O) groups is 2. The predicted molar refractivity (Wildman–Crippen MR) is 47.7 cm³/mol. The van der Waals surface area contributed by atoms with Crippen molar-refractivity contribution in [2.75, 3.05) is 19.8 Å². The Hall–Kier alpha value is -0.980. The summed E-state index contributed by atoms with van der Waals surface area (Å²) in [5, 5.41) is 26.9. The van der Waals surface area contributed by atoms with Gasteiger partial charge in [-0.05, 0) is 0 Å². The highest BCUT2D eigenvalue weighted by Crippen LogP contribution is 2.30. The first-order chi connectivity index (χ1) is 7.19. The fraction of sp³-hybridized carbons (Fsp3) is 0.778. The van der Waals surface area contributed by atoms with Crippen LogP contribution in [0, 0.1) is 17.8 Å². The molecule has 86 valence electrons. The second-order valence-electron chi connectivity index (χ2n) is 3.51. The number of hydrogen-bond acceptors (Lipinski definition) is 6. The van der Waals surface area contributed by atoms with Crippen LogP contribution in [0.3, 0.4) is 0 Å². The van der Waals surface area contributed by atoms with Crippen molar-refractivity contribution in [1.82, 2.24) is 0 Å². The molecule has 0 aromatic heterocycles. The van der Waals surface area contributed by atoms with Crippen molar-refractivity contribution in [2.24, 2.45) is 17.8 Å². The Labute approximate surface area is 86.5 Å². The topological polar surface area (TPSA) is 104 Å². The molecule has 15 heavy (non-hydrogen) atoms. The molecule has 0 aromatic rings. The van der Waals surface area contributed by atoms with Gasteiger partial charge in [0, 0.05) is 11.8 Å². The average Bonchev–Trinajstić information content (AvgIpc) is 2.27. The normalized spacial score (nSPS) is 36.1. The molecule has 1 rings (SSSR count). The van der Waals surface area contributed by atoms with Gasteiger partial charge in [-0.2, -0.15) is 0 Å². The first-order valence-electron chi connectivity index (χ1n) is 4.68. The Morgan fingerprint density at radius 3 is 2.27 bits per heavy atom. The molecule has 0 bridgehead atoms. The molecule has 1 heterocycles. The van der Waals surface area contributed by atoms with Crippen LogP contribution >= 0.6 is 0 Å². The molecular formula is C9H14O6. The summed E-state index contributed by atoms with van der Waals surface area (Å²) < 4.78 is 4.81. The monoisotopic (exact) mass is 218 g/mol. The van der Waals surface area contributed by atoms with Crippen LogP contribution in [0.4, 0.5) is 0 Å². The summed E-state index contributed by atoms with van der Waals surface area (Å²) in [5.74, 6) is -3.11. The Bertz CT molecular complexity index is 241. The molecule has 6 heteroatoms. The summed E-state index contributed by atoms with van der Waals surface area (Å²) >= 11 is 0. The van der Waals surface area contributed by atoms with Gasteiger partial charge in [-0.1, -0.05) is 0 Å². The molecule has 0 radical (unpaired) electrons. The molecule has 0 saturated carbocycles. The van der Waals surface area contributed by atoms with Crippen molar-refractivity contribution in [2.45, 2.75) is 6.10 Å². The Balaban J connectivity index is 2.90. The van der Waals surface area contributed by atoms with Gasteiger partial charge < -0.3 is 24.9 Å². The van der Waals surface area contributed by atoms with Gasteiger partial charge in [-0.3, -0.25) is 4.79 Å². The van der Waals surface area contributed by atoms with Gasteiger partial charge in [0.15, 0.2) is 0 Å². The van der Waals surface area contributed by atoms with Crippen molar-refractivity contribution in [3.63, 3.8) is 0 Å². The summed E-state index contributed by atoms with van der Waals surface area (Å²) in [5.41, 5.74) is 0. The second kappa shape index (κ2) is 5.20. The Kier molecular flexibility index (Phi) is 4.19. The molecule has 4 atom stereocenters. The minimum absolute atomic E-state index is 0.377. The van der Waals surface area contributed by atoms with E-state index in [4.69, 9.17) is 20.1 Å². The third-order valence-corrected chi connectivity index (χ3v) is 2.75. The number of carbonyl (C=O) groups excluding carboxylic acids is 2. The summed E-state index contributed by atoms with van der Waals surface area (Å²) in [6.07, 6.45) is -0.356. The summed E-state index contributed by atoms with van der Waals surface area (Å²) in [7, 11) is 0. The molecule has 0 aromatic carbocycles. The van der Waals surface area contributed by atoms with E-state index in [0.717, 1.165) is 0 Å². The third-order valence-electron chi connectivity index (χ3n) is 2.75. The van der Waals surface area contributed by atoms with Gasteiger partial charge in [0.05, 0.1) is 25.7 Å². The van der Waals surface area contributed by atoms with Crippen LogP contribution in [0.2, 0.25) is 0 Å². The first-order valence-corrected chi connectivity index (χ1v) is 4.68. The Morgan fingerprint density at radius 1 is 1.20 bits per heavy atom. The van der Waals surface area contributed by atoms with E-state index >= 15 is 0 Å². The van der Waals surface area contributed by atoms with Crippen LogP contribution < -0.4 is 0 Å². The number of aldehydes is 1. The molecule has 0 aliphatic carbocycles. The van der Waals surface area contributed by atoms with Crippen LogP contribution in [0.25, 0.3) is 0 Å². The quantitative estimate of drug-likeness (QED) is 0.370. The van der Waals surface area contributed by atoms with Crippen LogP contribution in [0.1, 0.15) is 0 Å². The molecule has 0 spiro atoms. The maximum Gasteiger partial charge on any atom is 0.312 e. The van der Waals surface area contributed by atoms with Crippen molar-refractivity contribution >= 4 is 12.3 Å². The Morgan fingerprint density at radius 2 is 1.87 bits per heavy atom. The van der Waals surface area contributed by atoms with E-state index in [-0.39, 0.29) is 6.61 Å². The van der Waals surface area contributed by atoms with Gasteiger partial charge in [-0.15, -0.1) is 0 Å². The van der Waals surface area contributed by atoms with Crippen LogP contribution in [-0.4, -0.2) is 53.5 Å². The number of cyclic esters (lactones) is 1. The van der Waals surface area contributed by atoms with Gasteiger partial charge in [0.2, 0.25) is 0 Å². The molecular weight excluding hydrogens is 204 g/mol. The number of ether oxygens (including phenoxy) is 1. The highest BCUT2D eigenvalue weighted by molar-refractivity contribution is 5.78. The zero-order valence-corrected chi connectivity index (χ0v) is 8.07. The maximum absolute atomic E-state index is 11.3. The van der Waals surface area contributed by atoms with E-state index in [1.807, 2.05) is 0 Å². The van der Waals surface area contributed by atoms with Gasteiger partial charge in [-0.25, -0.2) is 0 Å².